The number of carbonyl (C=O) groups is 2. The standard InChI is InChI=1S/C67H127NO10/c1-3-5-7-9-11-13-14-15-16-17-26-29-32-35-39-43-47-51-55-63(72)76-56-52-48-44-40-36-33-30-27-24-22-20-18-19-21-23-25-28-31-34-38-42-46-50-54-62(71)68-59(60(70)53-49-45-41-37-12-10-8-6-4-2)58-77-67-66(75)65(74)64(73)61(57-69)78-67/h16-17,49,53,59-61,64-67,69-70,73-75H,3-15,18-48,50-52,54-58H2,1-2H3,(H,68,71)/b17-16-,53-49+. The molecule has 11 heteroatoms. The zero-order chi connectivity index (χ0) is 56.6. The van der Waals surface area contributed by atoms with Crippen molar-refractivity contribution in [1.29, 1.82) is 0 Å². The van der Waals surface area contributed by atoms with Crippen LogP contribution in [0.4, 0.5) is 0 Å². The van der Waals surface area contributed by atoms with Crippen LogP contribution < -0.4 is 5.32 Å². The third-order valence-electron chi connectivity index (χ3n) is 16.1. The van der Waals surface area contributed by atoms with Gasteiger partial charge in [0.1, 0.15) is 24.4 Å². The van der Waals surface area contributed by atoms with Crippen molar-refractivity contribution in [2.24, 2.45) is 0 Å². The number of rotatable bonds is 59. The summed E-state index contributed by atoms with van der Waals surface area (Å²) in [6.07, 6.45) is 60.2. The van der Waals surface area contributed by atoms with Crippen LogP contribution in [-0.2, 0) is 23.8 Å². The lowest BCUT2D eigenvalue weighted by molar-refractivity contribution is -0.302. The molecule has 78 heavy (non-hydrogen) atoms. The van der Waals surface area contributed by atoms with Gasteiger partial charge in [0.25, 0.3) is 0 Å². The number of esters is 1. The molecule has 0 aromatic rings. The minimum Gasteiger partial charge on any atom is -0.466 e. The van der Waals surface area contributed by atoms with E-state index in [1.807, 2.05) is 6.08 Å². The van der Waals surface area contributed by atoms with E-state index >= 15 is 0 Å². The molecule has 6 N–H and O–H groups in total. The van der Waals surface area contributed by atoms with Gasteiger partial charge in [-0.2, -0.15) is 0 Å². The maximum absolute atomic E-state index is 13.0. The highest BCUT2D eigenvalue weighted by Gasteiger charge is 2.44. The normalized spacial score (nSPS) is 18.6. The molecule has 1 saturated heterocycles. The van der Waals surface area contributed by atoms with Crippen molar-refractivity contribution in [1.82, 2.24) is 5.32 Å². The van der Waals surface area contributed by atoms with Gasteiger partial charge >= 0.3 is 5.97 Å². The lowest BCUT2D eigenvalue weighted by Crippen LogP contribution is -2.60. The fraction of sp³-hybridized carbons (Fsp3) is 0.910. The van der Waals surface area contributed by atoms with E-state index in [1.165, 1.54) is 244 Å². The number of carbonyl (C=O) groups excluding carboxylic acids is 2. The molecule has 0 radical (unpaired) electrons. The number of hydrogen-bond acceptors (Lipinski definition) is 10. The molecule has 0 aliphatic carbocycles. The Morgan fingerprint density at radius 1 is 0.462 bits per heavy atom. The molecule has 7 atom stereocenters. The molecule has 460 valence electrons. The molecule has 11 nitrogen and oxygen atoms in total. The van der Waals surface area contributed by atoms with Crippen LogP contribution in [0, 0.1) is 0 Å². The lowest BCUT2D eigenvalue weighted by atomic mass is 9.99. The van der Waals surface area contributed by atoms with Gasteiger partial charge in [-0.25, -0.2) is 0 Å². The van der Waals surface area contributed by atoms with E-state index in [0.29, 0.717) is 19.4 Å². The number of aliphatic hydroxyl groups is 5. The maximum Gasteiger partial charge on any atom is 0.305 e. The van der Waals surface area contributed by atoms with Gasteiger partial charge in [0, 0.05) is 12.8 Å². The number of unbranched alkanes of at least 4 members (excludes halogenated alkanes) is 43. The molecule has 1 fully saturated rings. The first kappa shape index (κ1) is 74.2. The van der Waals surface area contributed by atoms with Crippen LogP contribution in [0.15, 0.2) is 24.3 Å². The Hall–Kier alpha value is -1.86. The number of nitrogens with one attached hydrogen (secondary N) is 1. The summed E-state index contributed by atoms with van der Waals surface area (Å²) in [7, 11) is 0. The summed E-state index contributed by atoms with van der Waals surface area (Å²) < 4.78 is 16.7. The van der Waals surface area contributed by atoms with Crippen molar-refractivity contribution < 1.29 is 49.3 Å². The van der Waals surface area contributed by atoms with Crippen LogP contribution in [0.1, 0.15) is 328 Å². The van der Waals surface area contributed by atoms with Gasteiger partial charge in [0.05, 0.1) is 32.0 Å². The quantitative estimate of drug-likeness (QED) is 0.0195. The molecule has 1 aliphatic heterocycles. The van der Waals surface area contributed by atoms with Crippen LogP contribution in [0.3, 0.4) is 0 Å². The van der Waals surface area contributed by atoms with Gasteiger partial charge < -0.3 is 45.1 Å². The molecule has 0 bridgehead atoms. The van der Waals surface area contributed by atoms with E-state index in [2.05, 4.69) is 31.3 Å². The zero-order valence-corrected chi connectivity index (χ0v) is 50.9. The van der Waals surface area contributed by atoms with Crippen LogP contribution in [0.5, 0.6) is 0 Å². The average Bonchev–Trinajstić information content (AvgIpc) is 3.44. The Bertz CT molecular complexity index is 1350. The molecule has 0 saturated carbocycles. The second-order valence-corrected chi connectivity index (χ2v) is 23.5. The SMILES string of the molecule is CCCCCCCCC/C=C\CCCCCCCCCC(=O)OCCCCCCCCCCCCCCCCCCCCCCCCCC(=O)NC(COC1OC(CO)C(O)C(O)C1O)C(O)/C=C/CCCCCCCCC. The Balaban J connectivity index is 1.93. The molecule has 7 unspecified atom stereocenters. The first-order valence-electron chi connectivity index (χ1n) is 33.6. The molecule has 1 aliphatic rings. The van der Waals surface area contributed by atoms with E-state index in [1.54, 1.807) is 6.08 Å². The summed E-state index contributed by atoms with van der Waals surface area (Å²) >= 11 is 0. The highest BCUT2D eigenvalue weighted by atomic mass is 16.7. The summed E-state index contributed by atoms with van der Waals surface area (Å²) in [4.78, 5) is 25.1. The predicted octanol–water partition coefficient (Wildman–Crippen LogP) is 16.5. The largest absolute Gasteiger partial charge is 0.466 e. The second-order valence-electron chi connectivity index (χ2n) is 23.5. The molecule has 1 heterocycles. The molecular formula is C67H127NO10. The minimum absolute atomic E-state index is 0.000164. The van der Waals surface area contributed by atoms with Crippen molar-refractivity contribution in [2.75, 3.05) is 19.8 Å². The van der Waals surface area contributed by atoms with E-state index in [0.717, 1.165) is 57.8 Å². The van der Waals surface area contributed by atoms with Crippen molar-refractivity contribution in [3.63, 3.8) is 0 Å². The molecule has 0 aromatic heterocycles. The van der Waals surface area contributed by atoms with Crippen molar-refractivity contribution >= 4 is 11.9 Å². The molecule has 1 rings (SSSR count). The summed E-state index contributed by atoms with van der Waals surface area (Å²) in [5.41, 5.74) is 0. The summed E-state index contributed by atoms with van der Waals surface area (Å²) in [6, 6.07) is -0.808. The second kappa shape index (κ2) is 57.0. The Labute approximate surface area is 480 Å². The third-order valence-corrected chi connectivity index (χ3v) is 16.1. The van der Waals surface area contributed by atoms with Crippen LogP contribution in [0.2, 0.25) is 0 Å². The lowest BCUT2D eigenvalue weighted by Gasteiger charge is -2.40. The first-order valence-corrected chi connectivity index (χ1v) is 33.6. The first-order chi connectivity index (χ1) is 38.2. The topological polar surface area (TPSA) is 175 Å². The van der Waals surface area contributed by atoms with E-state index in [4.69, 9.17) is 14.2 Å². The summed E-state index contributed by atoms with van der Waals surface area (Å²) in [6.45, 7) is 4.33. The van der Waals surface area contributed by atoms with E-state index in [9.17, 15) is 35.1 Å². The average molecular weight is 1110 g/mol. The van der Waals surface area contributed by atoms with Crippen LogP contribution in [0.25, 0.3) is 0 Å². The summed E-state index contributed by atoms with van der Waals surface area (Å²) in [5.74, 6) is -0.182. The Morgan fingerprint density at radius 3 is 1.23 bits per heavy atom. The van der Waals surface area contributed by atoms with Gasteiger partial charge in [-0.05, 0) is 57.8 Å². The number of allylic oxidation sites excluding steroid dienone is 3. The van der Waals surface area contributed by atoms with Gasteiger partial charge in [-0.1, -0.05) is 282 Å². The van der Waals surface area contributed by atoms with E-state index in [-0.39, 0.29) is 18.5 Å². The van der Waals surface area contributed by atoms with Crippen molar-refractivity contribution in [3.8, 4) is 0 Å². The Kier molecular flexibility index (Phi) is 54.2. The zero-order valence-electron chi connectivity index (χ0n) is 50.9. The van der Waals surface area contributed by atoms with Gasteiger partial charge in [-0.15, -0.1) is 0 Å². The van der Waals surface area contributed by atoms with Crippen LogP contribution in [-0.4, -0.2) is 100 Å². The fourth-order valence-electron chi connectivity index (χ4n) is 10.7. The van der Waals surface area contributed by atoms with E-state index < -0.39 is 49.5 Å². The number of ether oxygens (including phenoxy) is 3. The highest BCUT2D eigenvalue weighted by molar-refractivity contribution is 5.76. The minimum atomic E-state index is -1.57. The predicted molar refractivity (Wildman–Crippen MR) is 324 cm³/mol. The highest BCUT2D eigenvalue weighted by Crippen LogP contribution is 2.23. The molecule has 0 aromatic carbocycles. The fourth-order valence-corrected chi connectivity index (χ4v) is 10.7. The van der Waals surface area contributed by atoms with Crippen molar-refractivity contribution in [2.45, 2.75) is 371 Å². The van der Waals surface area contributed by atoms with Crippen molar-refractivity contribution in [3.05, 3.63) is 24.3 Å². The number of hydrogen-bond donors (Lipinski definition) is 6. The molecule has 0 spiro atoms. The Morgan fingerprint density at radius 2 is 0.821 bits per heavy atom. The van der Waals surface area contributed by atoms with Gasteiger partial charge in [-0.3, -0.25) is 9.59 Å². The molecular weight excluding hydrogens is 979 g/mol. The summed E-state index contributed by atoms with van der Waals surface area (Å²) in [5, 5.41) is 54.3. The third kappa shape index (κ3) is 45.7. The maximum atomic E-state index is 13.0. The number of amides is 1. The van der Waals surface area contributed by atoms with Gasteiger partial charge in [0.15, 0.2) is 6.29 Å². The van der Waals surface area contributed by atoms with Gasteiger partial charge in [0.2, 0.25) is 5.91 Å². The molecule has 1 amide bonds. The number of aliphatic hydroxyl groups excluding tert-OH is 5. The smallest absolute Gasteiger partial charge is 0.305 e. The monoisotopic (exact) mass is 1110 g/mol. The van der Waals surface area contributed by atoms with Crippen LogP contribution >= 0.6 is 0 Å².